The molecule has 2 amide bonds. The van der Waals surface area contributed by atoms with Crippen molar-refractivity contribution in [2.24, 2.45) is 5.92 Å². The van der Waals surface area contributed by atoms with E-state index in [-0.39, 0.29) is 42.3 Å². The molecule has 0 spiro atoms. The molecule has 0 saturated heterocycles. The first-order valence-electron chi connectivity index (χ1n) is 11.8. The first-order valence-corrected chi connectivity index (χ1v) is 11.8. The summed E-state index contributed by atoms with van der Waals surface area (Å²) in [5, 5.41) is 9.79. The van der Waals surface area contributed by atoms with Gasteiger partial charge in [0.1, 0.15) is 17.5 Å². The van der Waals surface area contributed by atoms with E-state index in [1.165, 1.54) is 29.2 Å². The molecule has 1 aromatic carbocycles. The van der Waals surface area contributed by atoms with Gasteiger partial charge in [0.15, 0.2) is 0 Å². The minimum Gasteiger partial charge on any atom is -0.472 e. The van der Waals surface area contributed by atoms with Gasteiger partial charge in [0.2, 0.25) is 5.88 Å². The minimum atomic E-state index is -0.478. The summed E-state index contributed by atoms with van der Waals surface area (Å²) in [4.78, 5) is 33.8. The molecule has 2 heterocycles. The van der Waals surface area contributed by atoms with E-state index in [4.69, 9.17) is 4.74 Å². The maximum absolute atomic E-state index is 13.4. The van der Waals surface area contributed by atoms with Crippen LogP contribution in [0.15, 0.2) is 36.5 Å². The molecule has 7 nitrogen and oxygen atoms in total. The van der Waals surface area contributed by atoms with Crippen molar-refractivity contribution in [1.29, 1.82) is 0 Å². The van der Waals surface area contributed by atoms with Crippen molar-refractivity contribution in [1.82, 2.24) is 14.8 Å². The van der Waals surface area contributed by atoms with E-state index in [9.17, 15) is 19.1 Å². The summed E-state index contributed by atoms with van der Waals surface area (Å²) >= 11 is 0. The fourth-order valence-corrected chi connectivity index (χ4v) is 3.84. The molecular weight excluding hydrogens is 449 g/mol. The van der Waals surface area contributed by atoms with Crippen LogP contribution in [0.2, 0.25) is 0 Å². The SMILES string of the molecule is CCCC#Cc1cnc2c(c1)C(=O)N([C@@H](C)CO)C[C@@H](C)[C@@H](CN(C)C(=O)c1ccc(F)cc1)O2. The number of unbranched alkanes of at least 4 members (excludes halogenated alkanes) is 1. The lowest BCUT2D eigenvalue weighted by atomic mass is 9.99. The number of ether oxygens (including phenoxy) is 1. The van der Waals surface area contributed by atoms with Crippen molar-refractivity contribution in [2.75, 3.05) is 26.7 Å². The Morgan fingerprint density at radius 3 is 2.74 bits per heavy atom. The topological polar surface area (TPSA) is 83.0 Å². The number of benzene rings is 1. The van der Waals surface area contributed by atoms with Crippen molar-refractivity contribution in [3.05, 3.63) is 59.0 Å². The number of aromatic nitrogens is 1. The van der Waals surface area contributed by atoms with Gasteiger partial charge in [-0.1, -0.05) is 25.7 Å². The van der Waals surface area contributed by atoms with Crippen LogP contribution in [0.1, 0.15) is 59.9 Å². The van der Waals surface area contributed by atoms with Crippen LogP contribution < -0.4 is 4.74 Å². The van der Waals surface area contributed by atoms with Crippen LogP contribution in [0.25, 0.3) is 0 Å². The molecular formula is C27H32FN3O4. The zero-order valence-corrected chi connectivity index (χ0v) is 20.6. The second-order valence-corrected chi connectivity index (χ2v) is 8.94. The number of rotatable bonds is 6. The largest absolute Gasteiger partial charge is 0.472 e. The van der Waals surface area contributed by atoms with Crippen LogP contribution >= 0.6 is 0 Å². The molecule has 1 aliphatic rings. The highest BCUT2D eigenvalue weighted by molar-refractivity contribution is 5.97. The summed E-state index contributed by atoms with van der Waals surface area (Å²) in [7, 11) is 1.65. The van der Waals surface area contributed by atoms with E-state index in [2.05, 4.69) is 16.8 Å². The van der Waals surface area contributed by atoms with E-state index in [1.807, 2.05) is 13.8 Å². The zero-order chi connectivity index (χ0) is 25.5. The molecule has 35 heavy (non-hydrogen) atoms. The number of pyridine rings is 1. The van der Waals surface area contributed by atoms with Crippen molar-refractivity contribution in [2.45, 2.75) is 45.8 Å². The molecule has 1 N–H and O–H groups in total. The third-order valence-corrected chi connectivity index (χ3v) is 6.02. The van der Waals surface area contributed by atoms with Crippen molar-refractivity contribution in [3.63, 3.8) is 0 Å². The lowest BCUT2D eigenvalue weighted by Gasteiger charge is -2.37. The fourth-order valence-electron chi connectivity index (χ4n) is 3.84. The predicted octanol–water partition coefficient (Wildman–Crippen LogP) is 3.36. The summed E-state index contributed by atoms with van der Waals surface area (Å²) in [5.74, 6) is 5.12. The summed E-state index contributed by atoms with van der Waals surface area (Å²) in [5.41, 5.74) is 1.25. The number of hydrogen-bond acceptors (Lipinski definition) is 5. The average Bonchev–Trinajstić information content (AvgIpc) is 2.86. The van der Waals surface area contributed by atoms with Crippen LogP contribution in [-0.4, -0.2) is 70.6 Å². The molecule has 0 bridgehead atoms. The molecule has 0 aliphatic carbocycles. The molecule has 186 valence electrons. The number of hydrogen-bond donors (Lipinski definition) is 1. The molecule has 0 unspecified atom stereocenters. The number of carbonyl (C=O) groups is 2. The Morgan fingerprint density at radius 2 is 2.09 bits per heavy atom. The van der Waals surface area contributed by atoms with Crippen LogP contribution in [0, 0.1) is 23.6 Å². The maximum Gasteiger partial charge on any atom is 0.259 e. The van der Waals surface area contributed by atoms with E-state index in [1.54, 1.807) is 31.1 Å². The van der Waals surface area contributed by atoms with E-state index >= 15 is 0 Å². The highest BCUT2D eigenvalue weighted by atomic mass is 19.1. The minimum absolute atomic E-state index is 0.171. The van der Waals surface area contributed by atoms with Gasteiger partial charge in [0, 0.05) is 43.3 Å². The van der Waals surface area contributed by atoms with Crippen molar-refractivity contribution in [3.8, 4) is 17.7 Å². The van der Waals surface area contributed by atoms with Crippen LogP contribution in [0.5, 0.6) is 5.88 Å². The summed E-state index contributed by atoms with van der Waals surface area (Å²) < 4.78 is 19.5. The smallest absolute Gasteiger partial charge is 0.259 e. The van der Waals surface area contributed by atoms with Gasteiger partial charge in [0.05, 0.1) is 19.2 Å². The standard InChI is InChI=1S/C27H32FN3O4/c1-5-6-7-8-20-13-23-25(29-14-20)35-24(18(2)15-31(27(23)34)19(3)17-32)16-30(4)26(33)21-9-11-22(28)12-10-21/h9-14,18-19,24,32H,5-6,15-17H2,1-4H3/t18-,19+,24-/m1/s1. The second kappa shape index (κ2) is 11.8. The Hall–Kier alpha value is -3.44. The molecule has 2 aromatic rings. The van der Waals surface area contributed by atoms with Crippen LogP contribution in [0.3, 0.4) is 0 Å². The molecule has 1 aromatic heterocycles. The van der Waals surface area contributed by atoms with Crippen LogP contribution in [-0.2, 0) is 0 Å². The zero-order valence-electron chi connectivity index (χ0n) is 20.6. The normalized spacial score (nSPS) is 18.3. The third kappa shape index (κ3) is 6.37. The van der Waals surface area contributed by atoms with Gasteiger partial charge >= 0.3 is 0 Å². The van der Waals surface area contributed by atoms with Gasteiger partial charge in [-0.05, 0) is 43.7 Å². The average molecular weight is 482 g/mol. The number of fused-ring (bicyclic) bond motifs is 1. The highest BCUT2D eigenvalue weighted by Gasteiger charge is 2.34. The monoisotopic (exact) mass is 481 g/mol. The van der Waals surface area contributed by atoms with Gasteiger partial charge in [-0.15, -0.1) is 0 Å². The Morgan fingerprint density at radius 1 is 1.37 bits per heavy atom. The second-order valence-electron chi connectivity index (χ2n) is 8.94. The van der Waals surface area contributed by atoms with Gasteiger partial charge in [-0.25, -0.2) is 9.37 Å². The quantitative estimate of drug-likeness (QED) is 0.640. The number of carbonyl (C=O) groups excluding carboxylic acids is 2. The third-order valence-electron chi connectivity index (χ3n) is 6.02. The molecule has 3 atom stereocenters. The number of aliphatic hydroxyl groups excluding tert-OH is 1. The Kier molecular flexibility index (Phi) is 8.83. The first-order chi connectivity index (χ1) is 16.7. The van der Waals surface area contributed by atoms with Gasteiger partial charge in [0.25, 0.3) is 11.8 Å². The summed E-state index contributed by atoms with van der Waals surface area (Å²) in [6, 6.07) is 6.64. The van der Waals surface area contributed by atoms with E-state index in [0.717, 1.165) is 12.8 Å². The van der Waals surface area contributed by atoms with Crippen molar-refractivity contribution >= 4 is 11.8 Å². The Bertz CT molecular complexity index is 1110. The number of halogens is 1. The number of nitrogens with zero attached hydrogens (tertiary/aromatic N) is 3. The Labute approximate surface area is 205 Å². The summed E-state index contributed by atoms with van der Waals surface area (Å²) in [6.45, 7) is 6.12. The Balaban J connectivity index is 1.92. The number of likely N-dealkylation sites (N-methyl/N-ethyl adjacent to an activating group) is 1. The van der Waals surface area contributed by atoms with E-state index in [0.29, 0.717) is 17.7 Å². The van der Waals surface area contributed by atoms with Crippen molar-refractivity contribution < 1.29 is 23.8 Å². The first kappa shape index (κ1) is 26.2. The molecule has 3 rings (SSSR count). The van der Waals surface area contributed by atoms with Gasteiger partial charge in [-0.2, -0.15) is 0 Å². The number of aliphatic hydroxyl groups is 1. The molecule has 0 radical (unpaired) electrons. The lowest BCUT2D eigenvalue weighted by molar-refractivity contribution is 0.0313. The fraction of sp³-hybridized carbons (Fsp3) is 0.444. The molecule has 0 fully saturated rings. The van der Waals surface area contributed by atoms with Gasteiger partial charge in [-0.3, -0.25) is 9.59 Å². The maximum atomic E-state index is 13.4. The number of amides is 2. The van der Waals surface area contributed by atoms with Crippen LogP contribution in [0.4, 0.5) is 4.39 Å². The summed E-state index contributed by atoms with van der Waals surface area (Å²) in [6.07, 6.45) is 2.77. The molecule has 8 heteroatoms. The van der Waals surface area contributed by atoms with Gasteiger partial charge < -0.3 is 19.6 Å². The molecule has 1 aliphatic heterocycles. The van der Waals surface area contributed by atoms with E-state index < -0.39 is 18.0 Å². The predicted molar refractivity (Wildman–Crippen MR) is 131 cm³/mol. The lowest BCUT2D eigenvalue weighted by Crippen LogP contribution is -2.50. The molecule has 0 saturated carbocycles. The highest BCUT2D eigenvalue weighted by Crippen LogP contribution is 2.27.